The highest BCUT2D eigenvalue weighted by atomic mass is 79.9. The van der Waals surface area contributed by atoms with E-state index in [4.69, 9.17) is 9.47 Å². The fourth-order valence-corrected chi connectivity index (χ4v) is 3.73. The van der Waals surface area contributed by atoms with Crippen molar-refractivity contribution in [1.82, 2.24) is 0 Å². The van der Waals surface area contributed by atoms with E-state index in [1.165, 1.54) is 33.0 Å². The number of halogens is 1. The molecule has 0 aliphatic rings. The van der Waals surface area contributed by atoms with Gasteiger partial charge in [0.15, 0.2) is 0 Å². The molecule has 0 radical (unpaired) electrons. The molecule has 0 aliphatic carbocycles. The lowest BCUT2D eigenvalue weighted by atomic mass is 9.92. The van der Waals surface area contributed by atoms with Crippen LogP contribution < -0.4 is 9.47 Å². The zero-order valence-electron chi connectivity index (χ0n) is 15.2. The van der Waals surface area contributed by atoms with Gasteiger partial charge in [-0.05, 0) is 69.4 Å². The minimum absolute atomic E-state index is 0.860. The summed E-state index contributed by atoms with van der Waals surface area (Å²) < 4.78 is 11.6. The zero-order chi connectivity index (χ0) is 18.8. The molecule has 0 atom stereocenters. The molecule has 0 N–H and O–H groups in total. The fraction of sp³-hybridized carbons (Fsp3) is 0.0833. The van der Waals surface area contributed by atoms with E-state index in [0.29, 0.717) is 0 Å². The predicted octanol–water partition coefficient (Wildman–Crippen LogP) is 6.95. The molecule has 0 unspecified atom stereocenters. The smallest absolute Gasteiger partial charge is 0.118 e. The van der Waals surface area contributed by atoms with Crippen molar-refractivity contribution in [1.29, 1.82) is 0 Å². The summed E-state index contributed by atoms with van der Waals surface area (Å²) in [7, 11) is 3.37. The second kappa shape index (κ2) is 7.45. The molecule has 4 aromatic rings. The van der Waals surface area contributed by atoms with Crippen molar-refractivity contribution in [2.45, 2.75) is 0 Å². The van der Waals surface area contributed by atoms with Gasteiger partial charge >= 0.3 is 0 Å². The van der Waals surface area contributed by atoms with Crippen molar-refractivity contribution in [2.24, 2.45) is 0 Å². The van der Waals surface area contributed by atoms with E-state index in [1.807, 2.05) is 24.3 Å². The molecule has 0 saturated carbocycles. The molecule has 0 aromatic heterocycles. The molecule has 0 heterocycles. The maximum absolute atomic E-state index is 5.29. The van der Waals surface area contributed by atoms with Gasteiger partial charge in [0.1, 0.15) is 11.5 Å². The van der Waals surface area contributed by atoms with Crippen molar-refractivity contribution in [2.75, 3.05) is 14.2 Å². The average Bonchev–Trinajstić information content (AvgIpc) is 2.73. The number of benzene rings is 4. The number of fused-ring (bicyclic) bond motifs is 1. The lowest BCUT2D eigenvalue weighted by Gasteiger charge is -2.13. The normalized spacial score (nSPS) is 10.8. The Morgan fingerprint density at radius 3 is 1.52 bits per heavy atom. The molecule has 134 valence electrons. The Morgan fingerprint density at radius 2 is 1.04 bits per heavy atom. The van der Waals surface area contributed by atoms with Crippen LogP contribution in [0.15, 0.2) is 83.3 Å². The number of methoxy groups -OCH3 is 2. The van der Waals surface area contributed by atoms with Crippen molar-refractivity contribution in [3.8, 4) is 33.8 Å². The summed E-state index contributed by atoms with van der Waals surface area (Å²) in [6, 6.07) is 27.2. The lowest BCUT2D eigenvalue weighted by molar-refractivity contribution is 0.415. The van der Waals surface area contributed by atoms with Crippen LogP contribution >= 0.6 is 15.9 Å². The van der Waals surface area contributed by atoms with E-state index >= 15 is 0 Å². The number of rotatable bonds is 4. The van der Waals surface area contributed by atoms with Crippen LogP contribution in [-0.4, -0.2) is 14.2 Å². The first-order valence-corrected chi connectivity index (χ1v) is 9.50. The minimum Gasteiger partial charge on any atom is -0.497 e. The zero-order valence-corrected chi connectivity index (χ0v) is 16.8. The van der Waals surface area contributed by atoms with Gasteiger partial charge in [-0.25, -0.2) is 0 Å². The summed E-state index contributed by atoms with van der Waals surface area (Å²) >= 11 is 3.63. The summed E-state index contributed by atoms with van der Waals surface area (Å²) in [4.78, 5) is 0. The van der Waals surface area contributed by atoms with Crippen LogP contribution in [0, 0.1) is 0 Å². The molecule has 27 heavy (non-hydrogen) atoms. The summed E-state index contributed by atoms with van der Waals surface area (Å²) in [5, 5.41) is 2.43. The van der Waals surface area contributed by atoms with Crippen molar-refractivity contribution in [3.63, 3.8) is 0 Å². The Bertz CT molecular complexity index is 1080. The van der Waals surface area contributed by atoms with E-state index in [-0.39, 0.29) is 0 Å². The fourth-order valence-electron chi connectivity index (χ4n) is 3.37. The number of hydrogen-bond donors (Lipinski definition) is 0. The first kappa shape index (κ1) is 17.6. The van der Waals surface area contributed by atoms with Gasteiger partial charge in [-0.2, -0.15) is 0 Å². The molecule has 3 heteroatoms. The van der Waals surface area contributed by atoms with Gasteiger partial charge in [0.05, 0.1) is 14.2 Å². The van der Waals surface area contributed by atoms with E-state index < -0.39 is 0 Å². The van der Waals surface area contributed by atoms with E-state index in [1.54, 1.807) is 14.2 Å². The Hall–Kier alpha value is -2.78. The van der Waals surface area contributed by atoms with E-state index in [9.17, 15) is 0 Å². The van der Waals surface area contributed by atoms with Crippen LogP contribution in [-0.2, 0) is 0 Å². The first-order valence-electron chi connectivity index (χ1n) is 8.71. The molecule has 4 aromatic carbocycles. The third-order valence-electron chi connectivity index (χ3n) is 4.78. The van der Waals surface area contributed by atoms with Gasteiger partial charge < -0.3 is 9.47 Å². The highest BCUT2D eigenvalue weighted by Crippen LogP contribution is 2.37. The van der Waals surface area contributed by atoms with Gasteiger partial charge in [0, 0.05) is 4.47 Å². The van der Waals surface area contributed by atoms with Crippen LogP contribution in [0.3, 0.4) is 0 Å². The highest BCUT2D eigenvalue weighted by molar-refractivity contribution is 9.10. The summed E-state index contributed by atoms with van der Waals surface area (Å²) in [5.74, 6) is 1.72. The molecule has 0 fully saturated rings. The van der Waals surface area contributed by atoms with Gasteiger partial charge in [0.25, 0.3) is 0 Å². The standard InChI is InChI=1S/C24H19BrO2/c1-26-19-8-3-16(4-9-19)21-13-14-22(17-5-10-20(27-2)11-6-17)24-15-18(25)7-12-23(21)24/h3-15H,1-2H3. The summed E-state index contributed by atoms with van der Waals surface area (Å²) in [5.41, 5.74) is 4.74. The monoisotopic (exact) mass is 418 g/mol. The second-order valence-corrected chi connectivity index (χ2v) is 7.22. The maximum atomic E-state index is 5.29. The first-order chi connectivity index (χ1) is 13.2. The average molecular weight is 419 g/mol. The van der Waals surface area contributed by atoms with Crippen LogP contribution in [0.4, 0.5) is 0 Å². The minimum atomic E-state index is 0.860. The molecule has 0 aliphatic heterocycles. The van der Waals surface area contributed by atoms with Gasteiger partial charge in [-0.15, -0.1) is 0 Å². The highest BCUT2D eigenvalue weighted by Gasteiger charge is 2.10. The van der Waals surface area contributed by atoms with Crippen LogP contribution in [0.2, 0.25) is 0 Å². The van der Waals surface area contributed by atoms with Gasteiger partial charge in [-0.3, -0.25) is 0 Å². The van der Waals surface area contributed by atoms with Gasteiger partial charge in [-0.1, -0.05) is 58.4 Å². The molecular weight excluding hydrogens is 400 g/mol. The largest absolute Gasteiger partial charge is 0.497 e. The van der Waals surface area contributed by atoms with Gasteiger partial charge in [0.2, 0.25) is 0 Å². The number of hydrogen-bond acceptors (Lipinski definition) is 2. The lowest BCUT2D eigenvalue weighted by Crippen LogP contribution is -1.88. The maximum Gasteiger partial charge on any atom is 0.118 e. The van der Waals surface area contributed by atoms with Crippen LogP contribution in [0.1, 0.15) is 0 Å². The third kappa shape index (κ3) is 3.43. The Labute approximate surface area is 167 Å². The Balaban J connectivity index is 1.90. The Morgan fingerprint density at radius 1 is 0.556 bits per heavy atom. The van der Waals surface area contributed by atoms with Crippen LogP contribution in [0.5, 0.6) is 11.5 Å². The van der Waals surface area contributed by atoms with E-state index in [0.717, 1.165) is 16.0 Å². The number of ether oxygens (including phenoxy) is 2. The second-order valence-electron chi connectivity index (χ2n) is 6.31. The summed E-state index contributed by atoms with van der Waals surface area (Å²) in [6.45, 7) is 0. The topological polar surface area (TPSA) is 18.5 Å². The molecule has 0 bridgehead atoms. The summed E-state index contributed by atoms with van der Waals surface area (Å²) in [6.07, 6.45) is 0. The van der Waals surface area contributed by atoms with Crippen molar-refractivity contribution >= 4 is 26.7 Å². The quantitative estimate of drug-likeness (QED) is 0.356. The molecule has 2 nitrogen and oxygen atoms in total. The molecule has 0 saturated heterocycles. The molecule has 0 spiro atoms. The molecule has 0 amide bonds. The van der Waals surface area contributed by atoms with E-state index in [2.05, 4.69) is 70.5 Å². The molecule has 4 rings (SSSR count). The molecular formula is C24H19BrO2. The SMILES string of the molecule is COc1ccc(-c2ccc(-c3ccc(OC)cc3)c3cc(Br)ccc23)cc1. The van der Waals surface area contributed by atoms with Crippen LogP contribution in [0.25, 0.3) is 33.0 Å². The van der Waals surface area contributed by atoms with Crippen molar-refractivity contribution < 1.29 is 9.47 Å². The predicted molar refractivity (Wildman–Crippen MR) is 116 cm³/mol. The third-order valence-corrected chi connectivity index (χ3v) is 5.27. The Kier molecular flexibility index (Phi) is 4.87. The van der Waals surface area contributed by atoms with Crippen molar-refractivity contribution in [3.05, 3.63) is 83.3 Å².